The first-order chi connectivity index (χ1) is 16.0. The fraction of sp³-hybridized carbons (Fsp3) is 0.320. The number of aromatic nitrogens is 2. The van der Waals surface area contributed by atoms with E-state index in [1.807, 2.05) is 30.3 Å². The summed E-state index contributed by atoms with van der Waals surface area (Å²) < 4.78 is 7.75. The number of hydrogen-bond acceptors (Lipinski definition) is 7. The summed E-state index contributed by atoms with van der Waals surface area (Å²) in [6, 6.07) is 16.1. The Morgan fingerprint density at radius 3 is 2.82 bits per heavy atom. The molecule has 7 nitrogen and oxygen atoms in total. The Morgan fingerprint density at radius 2 is 1.97 bits per heavy atom. The summed E-state index contributed by atoms with van der Waals surface area (Å²) in [5.41, 5.74) is 4.37. The molecule has 0 saturated carbocycles. The number of benzene rings is 2. The van der Waals surface area contributed by atoms with Crippen molar-refractivity contribution >= 4 is 29.5 Å². The van der Waals surface area contributed by atoms with Crippen molar-refractivity contribution in [2.45, 2.75) is 24.2 Å². The molecule has 5 rings (SSSR count). The fourth-order valence-electron chi connectivity index (χ4n) is 4.08. The number of morpholine rings is 1. The van der Waals surface area contributed by atoms with Gasteiger partial charge in [-0.1, -0.05) is 26.0 Å². The first-order valence-electron chi connectivity index (χ1n) is 11.1. The summed E-state index contributed by atoms with van der Waals surface area (Å²) in [6.45, 7) is 8.30. The Morgan fingerprint density at radius 1 is 1.12 bits per heavy atom. The van der Waals surface area contributed by atoms with E-state index in [1.165, 1.54) is 0 Å². The van der Waals surface area contributed by atoms with Gasteiger partial charge in [0, 0.05) is 53.0 Å². The van der Waals surface area contributed by atoms with Crippen molar-refractivity contribution in [3.05, 3.63) is 65.9 Å². The third-order valence-electron chi connectivity index (χ3n) is 5.93. The van der Waals surface area contributed by atoms with Crippen LogP contribution >= 0.6 is 11.9 Å². The molecule has 1 amide bonds. The van der Waals surface area contributed by atoms with E-state index in [0.29, 0.717) is 12.5 Å². The van der Waals surface area contributed by atoms with Crippen LogP contribution in [-0.4, -0.2) is 53.0 Å². The van der Waals surface area contributed by atoms with Gasteiger partial charge in [-0.15, -0.1) is 0 Å². The lowest BCUT2D eigenvalue weighted by Gasteiger charge is -2.32. The second-order valence-electron chi connectivity index (χ2n) is 8.88. The van der Waals surface area contributed by atoms with E-state index in [4.69, 9.17) is 9.72 Å². The summed E-state index contributed by atoms with van der Waals surface area (Å²) in [5.74, 6) is 0.520. The van der Waals surface area contributed by atoms with Crippen molar-refractivity contribution in [3.63, 3.8) is 0 Å². The third kappa shape index (κ3) is 4.88. The SMILES string of the molecule is CC1(C)CNC(=O)c2ccc(-c3ccnc(Nc4cccc(SN5CCOCC5)c4)n3)cc21. The summed E-state index contributed by atoms with van der Waals surface area (Å²) in [7, 11) is 0. The standard InChI is InChI=1S/C25H27N5O2S/c1-25(2)16-27-23(31)20-7-6-17(14-21(20)25)22-8-9-26-24(29-22)28-18-4-3-5-19(15-18)33-30-10-12-32-13-11-30/h3-9,14-15H,10-13,16H2,1-2H3,(H,27,31)(H,26,28,29). The smallest absolute Gasteiger partial charge is 0.251 e. The number of carbonyl (C=O) groups excluding carboxylic acids is 1. The van der Waals surface area contributed by atoms with Gasteiger partial charge in [-0.2, -0.15) is 0 Å². The molecule has 1 fully saturated rings. The summed E-state index contributed by atoms with van der Waals surface area (Å²) in [6.07, 6.45) is 1.76. The maximum absolute atomic E-state index is 12.3. The molecular formula is C25H27N5O2S. The van der Waals surface area contributed by atoms with Crippen LogP contribution in [0.25, 0.3) is 11.3 Å². The number of anilines is 2. The molecule has 33 heavy (non-hydrogen) atoms. The van der Waals surface area contributed by atoms with Gasteiger partial charge in [-0.25, -0.2) is 14.3 Å². The number of fused-ring (bicyclic) bond motifs is 1. The van der Waals surface area contributed by atoms with Gasteiger partial charge in [0.05, 0.1) is 18.9 Å². The first kappa shape index (κ1) is 21.9. The molecule has 2 aromatic carbocycles. The molecule has 1 saturated heterocycles. The largest absolute Gasteiger partial charge is 0.379 e. The molecule has 0 aliphatic carbocycles. The number of hydrogen-bond donors (Lipinski definition) is 2. The van der Waals surface area contributed by atoms with E-state index < -0.39 is 0 Å². The molecule has 0 radical (unpaired) electrons. The average Bonchev–Trinajstić information content (AvgIpc) is 2.83. The Hall–Kier alpha value is -2.94. The fourth-order valence-corrected chi connectivity index (χ4v) is 5.03. The zero-order valence-corrected chi connectivity index (χ0v) is 19.6. The van der Waals surface area contributed by atoms with Crippen LogP contribution in [0.1, 0.15) is 29.8 Å². The van der Waals surface area contributed by atoms with E-state index in [0.717, 1.165) is 59.3 Å². The van der Waals surface area contributed by atoms with Crippen LogP contribution < -0.4 is 10.6 Å². The highest BCUT2D eigenvalue weighted by Crippen LogP contribution is 2.33. The van der Waals surface area contributed by atoms with Crippen molar-refractivity contribution < 1.29 is 9.53 Å². The normalized spacial score (nSPS) is 17.8. The molecule has 2 aliphatic heterocycles. The highest BCUT2D eigenvalue weighted by molar-refractivity contribution is 7.97. The van der Waals surface area contributed by atoms with Crippen molar-refractivity contribution in [2.24, 2.45) is 0 Å². The molecule has 2 N–H and O–H groups in total. The summed E-state index contributed by atoms with van der Waals surface area (Å²) >= 11 is 1.74. The Bertz CT molecular complexity index is 1180. The predicted molar refractivity (Wildman–Crippen MR) is 131 cm³/mol. The predicted octanol–water partition coefficient (Wildman–Crippen LogP) is 4.25. The van der Waals surface area contributed by atoms with Crippen LogP contribution in [0.5, 0.6) is 0 Å². The zero-order valence-electron chi connectivity index (χ0n) is 18.8. The van der Waals surface area contributed by atoms with Crippen LogP contribution in [0.15, 0.2) is 59.6 Å². The first-order valence-corrected chi connectivity index (χ1v) is 11.9. The Kier molecular flexibility index (Phi) is 6.05. The van der Waals surface area contributed by atoms with E-state index >= 15 is 0 Å². The van der Waals surface area contributed by atoms with Crippen LogP contribution in [0.4, 0.5) is 11.6 Å². The summed E-state index contributed by atoms with van der Waals surface area (Å²) in [4.78, 5) is 22.6. The van der Waals surface area contributed by atoms with Crippen molar-refractivity contribution in [1.29, 1.82) is 0 Å². The lowest BCUT2D eigenvalue weighted by molar-refractivity contribution is 0.0773. The molecule has 170 valence electrons. The highest BCUT2D eigenvalue weighted by atomic mass is 32.2. The number of nitrogens with one attached hydrogen (secondary N) is 2. The second kappa shape index (κ2) is 9.13. The van der Waals surface area contributed by atoms with Gasteiger partial charge in [-0.05, 0) is 53.9 Å². The van der Waals surface area contributed by atoms with E-state index in [2.05, 4.69) is 52.0 Å². The minimum absolute atomic E-state index is 0.0178. The Labute approximate surface area is 198 Å². The minimum atomic E-state index is -0.133. The minimum Gasteiger partial charge on any atom is -0.379 e. The van der Waals surface area contributed by atoms with Crippen molar-refractivity contribution in [1.82, 2.24) is 19.6 Å². The molecule has 0 bridgehead atoms. The lowest BCUT2D eigenvalue weighted by atomic mass is 9.78. The van der Waals surface area contributed by atoms with Crippen molar-refractivity contribution in [3.8, 4) is 11.3 Å². The molecular weight excluding hydrogens is 434 g/mol. The quantitative estimate of drug-likeness (QED) is 0.550. The van der Waals surface area contributed by atoms with Crippen LogP contribution in [0, 0.1) is 0 Å². The van der Waals surface area contributed by atoms with E-state index in [9.17, 15) is 4.79 Å². The van der Waals surface area contributed by atoms with E-state index in [1.54, 1.807) is 18.1 Å². The van der Waals surface area contributed by atoms with Gasteiger partial charge in [0.1, 0.15) is 0 Å². The molecule has 3 heterocycles. The average molecular weight is 462 g/mol. The topological polar surface area (TPSA) is 79.4 Å². The summed E-state index contributed by atoms with van der Waals surface area (Å²) in [5, 5.41) is 6.30. The number of ether oxygens (including phenoxy) is 1. The molecule has 2 aliphatic rings. The van der Waals surface area contributed by atoms with Gasteiger partial charge in [0.25, 0.3) is 5.91 Å². The van der Waals surface area contributed by atoms with Gasteiger partial charge >= 0.3 is 0 Å². The zero-order chi connectivity index (χ0) is 22.8. The second-order valence-corrected chi connectivity index (χ2v) is 10.0. The van der Waals surface area contributed by atoms with E-state index in [-0.39, 0.29) is 11.3 Å². The number of rotatable bonds is 5. The number of nitrogens with zero attached hydrogens (tertiary/aromatic N) is 3. The van der Waals surface area contributed by atoms with Gasteiger partial charge in [-0.3, -0.25) is 4.79 Å². The number of carbonyl (C=O) groups is 1. The monoisotopic (exact) mass is 461 g/mol. The maximum Gasteiger partial charge on any atom is 0.251 e. The number of amides is 1. The molecule has 8 heteroatoms. The highest BCUT2D eigenvalue weighted by Gasteiger charge is 2.31. The van der Waals surface area contributed by atoms with Crippen LogP contribution in [0.3, 0.4) is 0 Å². The maximum atomic E-state index is 12.3. The molecule has 1 aromatic heterocycles. The van der Waals surface area contributed by atoms with Crippen LogP contribution in [-0.2, 0) is 10.2 Å². The van der Waals surface area contributed by atoms with Crippen molar-refractivity contribution in [2.75, 3.05) is 38.2 Å². The van der Waals surface area contributed by atoms with Gasteiger partial charge in [0.2, 0.25) is 5.95 Å². The molecule has 3 aromatic rings. The third-order valence-corrected chi connectivity index (χ3v) is 7.02. The Balaban J connectivity index is 1.36. The molecule has 0 spiro atoms. The molecule has 0 unspecified atom stereocenters. The van der Waals surface area contributed by atoms with Gasteiger partial charge < -0.3 is 15.4 Å². The molecule has 0 atom stereocenters. The van der Waals surface area contributed by atoms with Gasteiger partial charge in [0.15, 0.2) is 0 Å². The lowest BCUT2D eigenvalue weighted by Crippen LogP contribution is -2.43. The van der Waals surface area contributed by atoms with Crippen LogP contribution in [0.2, 0.25) is 0 Å².